The van der Waals surface area contributed by atoms with E-state index in [9.17, 15) is 69.1 Å². The van der Waals surface area contributed by atoms with E-state index in [2.05, 4.69) is 80.7 Å². The second kappa shape index (κ2) is 59.8. The van der Waals surface area contributed by atoms with Gasteiger partial charge in [0.05, 0.1) is 45.6 Å². The fraction of sp³-hybridized carbons (Fsp3) is 0.0462. The molecule has 13 aromatic rings. The maximum Gasteiger partial charge on any atom is 1.00 e. The maximum atomic E-state index is 9.75. The van der Waals surface area contributed by atoms with Crippen molar-refractivity contribution in [2.24, 2.45) is 0 Å². The average Bonchev–Trinajstić information content (AvgIpc) is 0.863. The summed E-state index contributed by atoms with van der Waals surface area (Å²) in [4.78, 5) is 58.8. The first-order chi connectivity index (χ1) is 51.9. The van der Waals surface area contributed by atoms with Crippen molar-refractivity contribution in [1.82, 2.24) is 80.7 Å². The minimum atomic E-state index is -6.00. The molecular weight excluding hydrogens is 1920 g/mol. The minimum absolute atomic E-state index is 0. The molecule has 0 aliphatic carbocycles. The Morgan fingerprint density at radius 3 is 0.342 bits per heavy atom. The molecule has 0 amide bonds. The van der Waals surface area contributed by atoms with Crippen molar-refractivity contribution in [2.45, 2.75) is 0 Å². The fourth-order valence-corrected chi connectivity index (χ4v) is 6.92. The smallest absolute Gasteiger partial charge is 0.418 e. The summed E-state index contributed by atoms with van der Waals surface area (Å²) in [6.07, 6.45) is 13.9. The van der Waals surface area contributed by atoms with Crippen LogP contribution in [0.15, 0.2) is 280 Å². The van der Waals surface area contributed by atoms with Crippen molar-refractivity contribution >= 4 is 29.0 Å². The number of nitro groups is 3. The Hall–Kier alpha value is -11.0. The minimum Gasteiger partial charge on any atom is -0.418 e. The molecule has 0 aliphatic heterocycles. The molecule has 49 heteroatoms. The summed E-state index contributed by atoms with van der Waals surface area (Å²) in [5.74, 6) is 0. The van der Waals surface area contributed by atoms with Crippen molar-refractivity contribution in [3.05, 3.63) is 310 Å². The van der Waals surface area contributed by atoms with E-state index < -0.39 is 43.8 Å². The van der Waals surface area contributed by atoms with Crippen LogP contribution in [-0.4, -0.2) is 146 Å². The Morgan fingerprint density at radius 2 is 0.281 bits per heavy atom. The van der Waals surface area contributed by atoms with Gasteiger partial charge in [-0.05, 0) is 146 Å². The van der Waals surface area contributed by atoms with Gasteiger partial charge in [-0.3, -0.25) is 70.2 Å². The van der Waals surface area contributed by atoms with E-state index >= 15 is 0 Å². The largest absolute Gasteiger partial charge is 1.00 e. The SMILES string of the molecule is C[N+](=O)[O-].C[N+](=O)[O-].C[N+](=O)[O-].F[B-](F)(F)F.F[B-](F)(F)F.F[B-](F)(F)F.F[B-](F)(F)F.[Ag+].[Ag+].[Ag+].[Ag+].c1ccc(-c2ccc(-c3ccccn3)nn2)nc1.c1ccc(-c2ccc(-c3ccccn3)nn2)nc1.c1ccc(-c2ccc(-c3ccccn3)nn2)nc1.c1ccc(-c2ccc(-c3ccccn3)nn2)nc1.c1ccccc1. The Morgan fingerprint density at radius 1 is 0.193 bits per heavy atom. The number of benzene rings is 1. The molecule has 25 nitrogen and oxygen atoms in total. The Bertz CT molecular complexity index is 3760. The summed E-state index contributed by atoms with van der Waals surface area (Å²) < 4.78 is 156. The topological polar surface area (TPSA) is 336 Å². The van der Waals surface area contributed by atoms with Crippen molar-refractivity contribution in [3.8, 4) is 91.1 Å². The predicted octanol–water partition coefficient (Wildman–Crippen LogP) is 17.0. The monoisotopic (exact) mass is 1970 g/mol. The van der Waals surface area contributed by atoms with Gasteiger partial charge in [0.2, 0.25) is 0 Å². The van der Waals surface area contributed by atoms with Gasteiger partial charge in [-0.25, -0.2) is 0 Å². The van der Waals surface area contributed by atoms with Gasteiger partial charge in [0.1, 0.15) is 45.6 Å². The van der Waals surface area contributed by atoms with Crippen molar-refractivity contribution in [1.29, 1.82) is 0 Å². The second-order valence-electron chi connectivity index (χ2n) is 19.4. The molecule has 12 aromatic heterocycles. The van der Waals surface area contributed by atoms with Crippen LogP contribution in [0.3, 0.4) is 0 Å². The van der Waals surface area contributed by atoms with Gasteiger partial charge in [0, 0.05) is 64.3 Å². The Balaban J connectivity index is -0.00000124. The van der Waals surface area contributed by atoms with Gasteiger partial charge >= 0.3 is 119 Å². The van der Waals surface area contributed by atoms with Crippen LogP contribution in [0.2, 0.25) is 0 Å². The average molecular weight is 1980 g/mol. The summed E-state index contributed by atoms with van der Waals surface area (Å²) in [6.45, 7) is 0. The molecule has 1 aromatic carbocycles. The van der Waals surface area contributed by atoms with E-state index in [4.69, 9.17) is 30.3 Å². The standard InChI is InChI=1S/4C14H10N4.C6H6.3CH3NO2.4Ag.4BF4/c4*1-3-9-15-11(5-1)13-7-8-14(18-17-13)12-6-2-4-10-16-12;1-2-4-6-5-3-1;3*1-2(3)4;;;;;4*2-1(3,4)5/h4*1-10H;1-6H;3*1H3;;;;;;;;/q;;;;;;;;4*+1;4*-1. The Kier molecular flexibility index (Phi) is 56.2. The van der Waals surface area contributed by atoms with Crippen molar-refractivity contribution < 1.29 is 173 Å². The molecule has 0 aliphatic rings. The van der Waals surface area contributed by atoms with Crippen LogP contribution in [0.5, 0.6) is 0 Å². The molecule has 614 valence electrons. The summed E-state index contributed by atoms with van der Waals surface area (Å²) in [5, 5.41) is 59.8. The van der Waals surface area contributed by atoms with E-state index in [1.54, 1.807) is 49.6 Å². The van der Waals surface area contributed by atoms with Crippen molar-refractivity contribution in [3.63, 3.8) is 0 Å². The molecule has 0 fully saturated rings. The maximum absolute atomic E-state index is 9.75. The zero-order valence-electron chi connectivity index (χ0n) is 58.1. The summed E-state index contributed by atoms with van der Waals surface area (Å²) in [5.41, 5.74) is 12.6. The number of nitrogens with zero attached hydrogens (tertiary/aromatic N) is 19. The first-order valence-electron chi connectivity index (χ1n) is 30.3. The van der Waals surface area contributed by atoms with E-state index in [1.807, 2.05) is 231 Å². The van der Waals surface area contributed by atoms with Gasteiger partial charge < -0.3 is 69.1 Å². The van der Waals surface area contributed by atoms with Crippen LogP contribution in [0.1, 0.15) is 0 Å². The molecule has 0 radical (unpaired) electrons. The van der Waals surface area contributed by atoms with Crippen molar-refractivity contribution in [2.75, 3.05) is 21.1 Å². The number of hydrogen-bond acceptors (Lipinski definition) is 22. The van der Waals surface area contributed by atoms with Crippen LogP contribution in [0.4, 0.5) is 69.1 Å². The molecule has 0 unspecified atom stereocenters. The number of hydrogen-bond donors (Lipinski definition) is 0. The Labute approximate surface area is 700 Å². The third-order valence-corrected chi connectivity index (χ3v) is 10.7. The van der Waals surface area contributed by atoms with Crippen LogP contribution >= 0.6 is 0 Å². The quantitative estimate of drug-likeness (QED) is 0.0590. The van der Waals surface area contributed by atoms with Crippen LogP contribution in [0, 0.1) is 30.3 Å². The third-order valence-electron chi connectivity index (χ3n) is 10.7. The third kappa shape index (κ3) is 58.9. The number of halogens is 16. The molecule has 0 saturated carbocycles. The molecule has 0 bridgehead atoms. The zero-order valence-corrected chi connectivity index (χ0v) is 64.0. The van der Waals surface area contributed by atoms with Crippen LogP contribution in [-0.2, 0) is 89.5 Å². The van der Waals surface area contributed by atoms with E-state index in [0.717, 1.165) is 112 Å². The van der Waals surface area contributed by atoms with Gasteiger partial charge in [-0.2, -0.15) is 0 Å². The van der Waals surface area contributed by atoms with E-state index in [-0.39, 0.29) is 89.5 Å². The zero-order chi connectivity index (χ0) is 81.8. The number of rotatable bonds is 8. The molecule has 0 atom stereocenters. The van der Waals surface area contributed by atoms with Crippen LogP contribution in [0.25, 0.3) is 91.1 Å². The summed E-state index contributed by atoms with van der Waals surface area (Å²) in [7, 11) is -21.3. The molecule has 0 saturated heterocycles. The fourth-order valence-electron chi connectivity index (χ4n) is 6.92. The second-order valence-corrected chi connectivity index (χ2v) is 19.4. The summed E-state index contributed by atoms with van der Waals surface area (Å²) >= 11 is 0. The summed E-state index contributed by atoms with van der Waals surface area (Å²) in [6, 6.07) is 72.9. The first-order valence-corrected chi connectivity index (χ1v) is 30.3. The van der Waals surface area contributed by atoms with Gasteiger partial charge in [-0.15, -0.1) is 40.8 Å². The molecule has 0 spiro atoms. The molecule has 0 N–H and O–H groups in total. The van der Waals surface area contributed by atoms with E-state index in [1.165, 1.54) is 0 Å². The molecule has 12 heterocycles. The normalized spacial score (nSPS) is 9.64. The predicted molar refractivity (Wildman–Crippen MR) is 380 cm³/mol. The molecule has 114 heavy (non-hydrogen) atoms. The molecular formula is C65H55Ag4B4F16N19O6. The number of pyridine rings is 8. The van der Waals surface area contributed by atoms with Gasteiger partial charge in [0.25, 0.3) is 0 Å². The van der Waals surface area contributed by atoms with Gasteiger partial charge in [0.15, 0.2) is 21.1 Å². The van der Waals surface area contributed by atoms with Crippen LogP contribution < -0.4 is 0 Å². The molecule has 13 rings (SSSR count). The van der Waals surface area contributed by atoms with E-state index in [0.29, 0.717) is 0 Å². The van der Waals surface area contributed by atoms with Gasteiger partial charge in [-0.1, -0.05) is 84.9 Å². The number of aromatic nitrogens is 16. The first kappa shape index (κ1) is 107.